The standard InChI is InChI=1S/C13H21N3/c1-13(2,3)16-8-4-5-10-6-7-11(9-14)15-12(10)16/h6-7H,4-5,8-9,14H2,1-3H3. The molecule has 2 heterocycles. The highest BCUT2D eigenvalue weighted by Gasteiger charge is 2.27. The number of rotatable bonds is 1. The molecule has 0 amide bonds. The molecule has 0 atom stereocenters. The highest BCUT2D eigenvalue weighted by atomic mass is 15.2. The zero-order chi connectivity index (χ0) is 11.8. The van der Waals surface area contributed by atoms with Crippen LogP contribution in [0.25, 0.3) is 0 Å². The fraction of sp³-hybridized carbons (Fsp3) is 0.615. The van der Waals surface area contributed by atoms with Crippen LogP contribution in [0.5, 0.6) is 0 Å². The lowest BCUT2D eigenvalue weighted by Crippen LogP contribution is -2.45. The van der Waals surface area contributed by atoms with Gasteiger partial charge in [0.2, 0.25) is 0 Å². The van der Waals surface area contributed by atoms with E-state index in [0.717, 1.165) is 24.5 Å². The third kappa shape index (κ3) is 2.05. The molecule has 0 radical (unpaired) electrons. The Morgan fingerprint density at radius 3 is 2.75 bits per heavy atom. The second-order valence-corrected chi connectivity index (χ2v) is 5.42. The molecule has 0 unspecified atom stereocenters. The van der Waals surface area contributed by atoms with Gasteiger partial charge in [0.1, 0.15) is 5.82 Å². The van der Waals surface area contributed by atoms with E-state index in [4.69, 9.17) is 5.73 Å². The highest BCUT2D eigenvalue weighted by Crippen LogP contribution is 2.30. The molecule has 0 spiro atoms. The highest BCUT2D eigenvalue weighted by molar-refractivity contribution is 5.51. The molecule has 2 rings (SSSR count). The van der Waals surface area contributed by atoms with Gasteiger partial charge >= 0.3 is 0 Å². The normalized spacial score (nSPS) is 16.1. The summed E-state index contributed by atoms with van der Waals surface area (Å²) in [7, 11) is 0. The molecule has 3 nitrogen and oxygen atoms in total. The van der Waals surface area contributed by atoms with Crippen molar-refractivity contribution in [1.82, 2.24) is 4.98 Å². The smallest absolute Gasteiger partial charge is 0.132 e. The molecule has 0 fully saturated rings. The van der Waals surface area contributed by atoms with Gasteiger partial charge in [-0.25, -0.2) is 4.98 Å². The zero-order valence-corrected chi connectivity index (χ0v) is 10.5. The van der Waals surface area contributed by atoms with Gasteiger partial charge in [0, 0.05) is 18.6 Å². The molecule has 3 heteroatoms. The lowest BCUT2D eigenvalue weighted by molar-refractivity contribution is 0.477. The van der Waals surface area contributed by atoms with Crippen molar-refractivity contribution in [2.75, 3.05) is 11.4 Å². The summed E-state index contributed by atoms with van der Waals surface area (Å²) in [5.74, 6) is 1.14. The average Bonchev–Trinajstić information content (AvgIpc) is 2.26. The minimum Gasteiger partial charge on any atom is -0.352 e. The Balaban J connectivity index is 2.43. The minimum atomic E-state index is 0.134. The third-order valence-corrected chi connectivity index (χ3v) is 3.12. The van der Waals surface area contributed by atoms with Crippen LogP contribution in [0.1, 0.15) is 38.4 Å². The number of hydrogen-bond donors (Lipinski definition) is 1. The van der Waals surface area contributed by atoms with Crippen LogP contribution in [-0.2, 0) is 13.0 Å². The molecular weight excluding hydrogens is 198 g/mol. The number of fused-ring (bicyclic) bond motifs is 1. The van der Waals surface area contributed by atoms with Crippen LogP contribution in [0.15, 0.2) is 12.1 Å². The largest absolute Gasteiger partial charge is 0.352 e. The Kier molecular flexibility index (Phi) is 2.89. The monoisotopic (exact) mass is 219 g/mol. The van der Waals surface area contributed by atoms with Crippen LogP contribution >= 0.6 is 0 Å². The predicted octanol–water partition coefficient (Wildman–Crippen LogP) is 2.09. The molecule has 1 aliphatic rings. The zero-order valence-electron chi connectivity index (χ0n) is 10.5. The van der Waals surface area contributed by atoms with E-state index in [1.807, 2.05) is 6.07 Å². The van der Waals surface area contributed by atoms with E-state index in [0.29, 0.717) is 6.54 Å². The summed E-state index contributed by atoms with van der Waals surface area (Å²) in [5, 5.41) is 0. The van der Waals surface area contributed by atoms with Crippen molar-refractivity contribution >= 4 is 5.82 Å². The second-order valence-electron chi connectivity index (χ2n) is 5.42. The molecule has 16 heavy (non-hydrogen) atoms. The molecule has 0 aromatic carbocycles. The van der Waals surface area contributed by atoms with Crippen LogP contribution in [0.2, 0.25) is 0 Å². The minimum absolute atomic E-state index is 0.134. The van der Waals surface area contributed by atoms with Gasteiger partial charge in [0.15, 0.2) is 0 Å². The van der Waals surface area contributed by atoms with Crippen LogP contribution in [-0.4, -0.2) is 17.1 Å². The van der Waals surface area contributed by atoms with E-state index < -0.39 is 0 Å². The van der Waals surface area contributed by atoms with E-state index >= 15 is 0 Å². The van der Waals surface area contributed by atoms with Crippen LogP contribution in [0, 0.1) is 0 Å². The van der Waals surface area contributed by atoms with Gasteiger partial charge in [-0.15, -0.1) is 0 Å². The maximum absolute atomic E-state index is 5.66. The third-order valence-electron chi connectivity index (χ3n) is 3.12. The summed E-state index contributed by atoms with van der Waals surface area (Å²) in [6.07, 6.45) is 2.35. The molecule has 2 N–H and O–H groups in total. The molecule has 88 valence electrons. The Morgan fingerprint density at radius 1 is 1.38 bits per heavy atom. The van der Waals surface area contributed by atoms with Crippen molar-refractivity contribution in [2.24, 2.45) is 5.73 Å². The van der Waals surface area contributed by atoms with Crippen LogP contribution in [0.4, 0.5) is 5.82 Å². The van der Waals surface area contributed by atoms with Gasteiger partial charge < -0.3 is 10.6 Å². The second kappa shape index (κ2) is 4.06. The molecule has 1 aliphatic heterocycles. The fourth-order valence-corrected chi connectivity index (χ4v) is 2.25. The number of nitrogens with zero attached hydrogens (tertiary/aromatic N) is 2. The van der Waals surface area contributed by atoms with Crippen molar-refractivity contribution in [2.45, 2.75) is 45.7 Å². The first kappa shape index (κ1) is 11.4. The van der Waals surface area contributed by atoms with E-state index in [1.165, 1.54) is 12.0 Å². The van der Waals surface area contributed by atoms with Gasteiger partial charge in [-0.3, -0.25) is 0 Å². The van der Waals surface area contributed by atoms with Crippen LogP contribution < -0.4 is 10.6 Å². The molecule has 0 aliphatic carbocycles. The topological polar surface area (TPSA) is 42.1 Å². The first-order chi connectivity index (χ1) is 7.52. The number of nitrogens with two attached hydrogens (primary N) is 1. The summed E-state index contributed by atoms with van der Waals surface area (Å²) in [6.45, 7) is 8.32. The van der Waals surface area contributed by atoms with Crippen molar-refractivity contribution in [3.8, 4) is 0 Å². The van der Waals surface area contributed by atoms with E-state index in [1.54, 1.807) is 0 Å². The van der Waals surface area contributed by atoms with Gasteiger partial charge in [0.05, 0.1) is 5.69 Å². The average molecular weight is 219 g/mol. The summed E-state index contributed by atoms with van der Waals surface area (Å²) in [5.41, 5.74) is 8.13. The Morgan fingerprint density at radius 2 is 2.12 bits per heavy atom. The van der Waals surface area contributed by atoms with Gasteiger partial charge in [-0.05, 0) is 45.2 Å². The lowest BCUT2D eigenvalue weighted by atomic mass is 9.98. The molecule has 0 saturated carbocycles. The number of aromatic nitrogens is 1. The van der Waals surface area contributed by atoms with E-state index in [2.05, 4.69) is 36.7 Å². The van der Waals surface area contributed by atoms with Gasteiger partial charge in [0.25, 0.3) is 0 Å². The fourth-order valence-electron chi connectivity index (χ4n) is 2.25. The summed E-state index contributed by atoms with van der Waals surface area (Å²) >= 11 is 0. The quantitative estimate of drug-likeness (QED) is 0.786. The molecule has 1 aromatic rings. The maximum Gasteiger partial charge on any atom is 0.132 e. The van der Waals surface area contributed by atoms with Crippen molar-refractivity contribution in [3.63, 3.8) is 0 Å². The number of hydrogen-bond acceptors (Lipinski definition) is 3. The van der Waals surface area contributed by atoms with Crippen LogP contribution in [0.3, 0.4) is 0 Å². The van der Waals surface area contributed by atoms with Crippen molar-refractivity contribution in [3.05, 3.63) is 23.4 Å². The Hall–Kier alpha value is -1.09. The Labute approximate surface area is 97.7 Å². The molecular formula is C13H21N3. The summed E-state index contributed by atoms with van der Waals surface area (Å²) < 4.78 is 0. The molecule has 1 aromatic heterocycles. The number of anilines is 1. The number of aryl methyl sites for hydroxylation is 1. The number of pyridine rings is 1. The first-order valence-corrected chi connectivity index (χ1v) is 5.99. The van der Waals surface area contributed by atoms with E-state index in [9.17, 15) is 0 Å². The predicted molar refractivity (Wildman–Crippen MR) is 67.5 cm³/mol. The molecule has 0 saturated heterocycles. The van der Waals surface area contributed by atoms with E-state index in [-0.39, 0.29) is 5.54 Å². The lowest BCUT2D eigenvalue weighted by Gasteiger charge is -2.40. The summed E-state index contributed by atoms with van der Waals surface area (Å²) in [4.78, 5) is 7.07. The van der Waals surface area contributed by atoms with Gasteiger partial charge in [-0.2, -0.15) is 0 Å². The van der Waals surface area contributed by atoms with Crippen molar-refractivity contribution < 1.29 is 0 Å². The Bertz CT molecular complexity index is 379. The first-order valence-electron chi connectivity index (χ1n) is 5.99. The van der Waals surface area contributed by atoms with Gasteiger partial charge in [-0.1, -0.05) is 6.07 Å². The van der Waals surface area contributed by atoms with Crippen molar-refractivity contribution in [1.29, 1.82) is 0 Å². The summed E-state index contributed by atoms with van der Waals surface area (Å²) in [6, 6.07) is 4.23. The molecule has 0 bridgehead atoms. The SMILES string of the molecule is CC(C)(C)N1CCCc2ccc(CN)nc21. The maximum atomic E-state index is 5.66.